The van der Waals surface area contributed by atoms with Gasteiger partial charge in [-0.3, -0.25) is 4.79 Å². The summed E-state index contributed by atoms with van der Waals surface area (Å²) < 4.78 is 5.34. The summed E-state index contributed by atoms with van der Waals surface area (Å²) in [5.74, 6) is 0.00972. The van der Waals surface area contributed by atoms with Crippen LogP contribution in [0.15, 0.2) is 0 Å². The van der Waals surface area contributed by atoms with Gasteiger partial charge in [0.1, 0.15) is 0 Å². The SMILES string of the molecule is CC(C)(N)C(C)(C)C(=O)NC1CCCOC1. The average molecular weight is 228 g/mol. The predicted octanol–water partition coefficient (Wildman–Crippen LogP) is 1.05. The van der Waals surface area contributed by atoms with Crippen molar-refractivity contribution >= 4 is 5.91 Å². The first-order chi connectivity index (χ1) is 7.25. The first kappa shape index (κ1) is 13.5. The molecule has 16 heavy (non-hydrogen) atoms. The van der Waals surface area contributed by atoms with Gasteiger partial charge in [0.2, 0.25) is 5.91 Å². The molecule has 0 saturated carbocycles. The Balaban J connectivity index is 2.57. The zero-order valence-corrected chi connectivity index (χ0v) is 10.8. The van der Waals surface area contributed by atoms with Crippen LogP contribution in [0.5, 0.6) is 0 Å². The highest BCUT2D eigenvalue weighted by Gasteiger charge is 2.41. The number of rotatable bonds is 3. The highest BCUT2D eigenvalue weighted by Crippen LogP contribution is 2.28. The maximum atomic E-state index is 12.1. The van der Waals surface area contributed by atoms with Gasteiger partial charge < -0.3 is 15.8 Å². The highest BCUT2D eigenvalue weighted by atomic mass is 16.5. The van der Waals surface area contributed by atoms with Crippen molar-refractivity contribution in [3.05, 3.63) is 0 Å². The number of hydrogen-bond donors (Lipinski definition) is 2. The molecule has 1 heterocycles. The zero-order valence-electron chi connectivity index (χ0n) is 10.8. The van der Waals surface area contributed by atoms with Crippen molar-refractivity contribution in [1.82, 2.24) is 5.32 Å². The van der Waals surface area contributed by atoms with Crippen LogP contribution in [-0.2, 0) is 9.53 Å². The van der Waals surface area contributed by atoms with Crippen LogP contribution in [0.4, 0.5) is 0 Å². The summed E-state index contributed by atoms with van der Waals surface area (Å²) in [6.07, 6.45) is 2.00. The summed E-state index contributed by atoms with van der Waals surface area (Å²) in [4.78, 5) is 12.1. The molecule has 1 rings (SSSR count). The van der Waals surface area contributed by atoms with E-state index in [0.29, 0.717) is 6.61 Å². The van der Waals surface area contributed by atoms with Gasteiger partial charge in [0.05, 0.1) is 18.1 Å². The average Bonchev–Trinajstić information content (AvgIpc) is 2.17. The highest BCUT2D eigenvalue weighted by molar-refractivity contribution is 5.83. The standard InChI is InChI=1S/C12H24N2O2/c1-11(2,12(3,4)13)10(15)14-9-6-5-7-16-8-9/h9H,5-8,13H2,1-4H3,(H,14,15). The van der Waals surface area contributed by atoms with E-state index in [1.807, 2.05) is 27.7 Å². The molecule has 1 unspecified atom stereocenters. The van der Waals surface area contributed by atoms with Crippen LogP contribution >= 0.6 is 0 Å². The molecule has 3 N–H and O–H groups in total. The molecule has 1 fully saturated rings. The Morgan fingerprint density at radius 1 is 1.38 bits per heavy atom. The third-order valence-corrected chi connectivity index (χ3v) is 3.67. The van der Waals surface area contributed by atoms with Crippen LogP contribution in [0, 0.1) is 5.41 Å². The minimum Gasteiger partial charge on any atom is -0.379 e. The first-order valence-corrected chi connectivity index (χ1v) is 5.93. The summed E-state index contributed by atoms with van der Waals surface area (Å²) in [6, 6.07) is 0.142. The van der Waals surface area contributed by atoms with Crippen LogP contribution in [0.2, 0.25) is 0 Å². The maximum absolute atomic E-state index is 12.1. The van der Waals surface area contributed by atoms with Gasteiger partial charge >= 0.3 is 0 Å². The number of amides is 1. The van der Waals surface area contributed by atoms with Gasteiger partial charge in [-0.2, -0.15) is 0 Å². The van der Waals surface area contributed by atoms with Crippen molar-refractivity contribution in [3.63, 3.8) is 0 Å². The van der Waals surface area contributed by atoms with E-state index in [1.54, 1.807) is 0 Å². The van der Waals surface area contributed by atoms with Gasteiger partial charge in [-0.05, 0) is 40.5 Å². The minimum absolute atomic E-state index is 0.00972. The normalized spacial score (nSPS) is 22.9. The number of carbonyl (C=O) groups excluding carboxylic acids is 1. The van der Waals surface area contributed by atoms with E-state index in [4.69, 9.17) is 10.5 Å². The van der Waals surface area contributed by atoms with Crippen LogP contribution in [0.25, 0.3) is 0 Å². The van der Waals surface area contributed by atoms with Gasteiger partial charge in [-0.1, -0.05) is 0 Å². The molecule has 4 heteroatoms. The number of hydrogen-bond acceptors (Lipinski definition) is 3. The molecule has 1 aliphatic rings. The zero-order chi connectivity index (χ0) is 12.4. The molecule has 0 aromatic heterocycles. The summed E-state index contributed by atoms with van der Waals surface area (Å²) in [5.41, 5.74) is 4.91. The largest absolute Gasteiger partial charge is 0.379 e. The monoisotopic (exact) mass is 228 g/mol. The molecule has 0 bridgehead atoms. The van der Waals surface area contributed by atoms with E-state index in [-0.39, 0.29) is 11.9 Å². The molecular weight excluding hydrogens is 204 g/mol. The van der Waals surface area contributed by atoms with E-state index in [1.165, 1.54) is 0 Å². The van der Waals surface area contributed by atoms with E-state index < -0.39 is 11.0 Å². The molecule has 94 valence electrons. The summed E-state index contributed by atoms with van der Waals surface area (Å²) in [6.45, 7) is 8.94. The van der Waals surface area contributed by atoms with Crippen molar-refractivity contribution in [2.24, 2.45) is 11.1 Å². The lowest BCUT2D eigenvalue weighted by Crippen LogP contribution is -2.57. The Bertz CT molecular complexity index is 250. The molecule has 1 amide bonds. The van der Waals surface area contributed by atoms with Gasteiger partial charge in [-0.15, -0.1) is 0 Å². The Morgan fingerprint density at radius 3 is 2.44 bits per heavy atom. The van der Waals surface area contributed by atoms with Crippen molar-refractivity contribution in [2.45, 2.75) is 52.1 Å². The quantitative estimate of drug-likeness (QED) is 0.758. The molecule has 0 aromatic rings. The molecule has 1 aliphatic heterocycles. The van der Waals surface area contributed by atoms with Gasteiger partial charge in [-0.25, -0.2) is 0 Å². The predicted molar refractivity (Wildman–Crippen MR) is 64.0 cm³/mol. The maximum Gasteiger partial charge on any atom is 0.227 e. The second-order valence-electron chi connectivity index (χ2n) is 5.73. The topological polar surface area (TPSA) is 64.4 Å². The fraction of sp³-hybridized carbons (Fsp3) is 0.917. The van der Waals surface area contributed by atoms with Crippen molar-refractivity contribution in [2.75, 3.05) is 13.2 Å². The fourth-order valence-electron chi connectivity index (χ4n) is 1.51. The van der Waals surface area contributed by atoms with Gasteiger partial charge in [0, 0.05) is 12.1 Å². The third-order valence-electron chi connectivity index (χ3n) is 3.67. The molecular formula is C12H24N2O2. The lowest BCUT2D eigenvalue weighted by molar-refractivity contribution is -0.134. The molecule has 0 radical (unpaired) electrons. The molecule has 1 saturated heterocycles. The summed E-state index contributed by atoms with van der Waals surface area (Å²) >= 11 is 0. The van der Waals surface area contributed by atoms with Crippen molar-refractivity contribution in [1.29, 1.82) is 0 Å². The van der Waals surface area contributed by atoms with Gasteiger partial charge in [0.15, 0.2) is 0 Å². The number of carbonyl (C=O) groups is 1. The van der Waals surface area contributed by atoms with E-state index >= 15 is 0 Å². The van der Waals surface area contributed by atoms with Crippen LogP contribution in [0.3, 0.4) is 0 Å². The van der Waals surface area contributed by atoms with Crippen LogP contribution < -0.4 is 11.1 Å². The van der Waals surface area contributed by atoms with Crippen LogP contribution in [-0.4, -0.2) is 30.7 Å². The second kappa shape index (κ2) is 4.72. The van der Waals surface area contributed by atoms with Crippen LogP contribution in [0.1, 0.15) is 40.5 Å². The molecule has 0 aliphatic carbocycles. The van der Waals surface area contributed by atoms with E-state index in [2.05, 4.69) is 5.32 Å². The Kier molecular flexibility index (Phi) is 3.97. The fourth-order valence-corrected chi connectivity index (χ4v) is 1.51. The van der Waals surface area contributed by atoms with E-state index in [9.17, 15) is 4.79 Å². The molecule has 1 atom stereocenters. The Hall–Kier alpha value is -0.610. The second-order valence-corrected chi connectivity index (χ2v) is 5.73. The molecule has 4 nitrogen and oxygen atoms in total. The Morgan fingerprint density at radius 2 is 2.00 bits per heavy atom. The summed E-state index contributed by atoms with van der Waals surface area (Å²) in [5, 5.41) is 3.02. The van der Waals surface area contributed by atoms with Crippen molar-refractivity contribution < 1.29 is 9.53 Å². The first-order valence-electron chi connectivity index (χ1n) is 5.93. The Labute approximate surface area is 97.9 Å². The van der Waals surface area contributed by atoms with E-state index in [0.717, 1.165) is 19.4 Å². The third kappa shape index (κ3) is 2.95. The summed E-state index contributed by atoms with van der Waals surface area (Å²) in [7, 11) is 0. The number of nitrogens with one attached hydrogen (secondary N) is 1. The lowest BCUT2D eigenvalue weighted by Gasteiger charge is -2.38. The van der Waals surface area contributed by atoms with Gasteiger partial charge in [0.25, 0.3) is 0 Å². The molecule has 0 aromatic carbocycles. The van der Waals surface area contributed by atoms with Crippen molar-refractivity contribution in [3.8, 4) is 0 Å². The number of nitrogens with two attached hydrogens (primary N) is 1. The smallest absolute Gasteiger partial charge is 0.227 e. The lowest BCUT2D eigenvalue weighted by atomic mass is 9.74. The number of ether oxygens (including phenoxy) is 1. The minimum atomic E-state index is -0.579. The molecule has 0 spiro atoms.